The lowest BCUT2D eigenvalue weighted by atomic mass is 9.93. The minimum atomic E-state index is -7.63. The number of hydrogen-bond acceptors (Lipinski definition) is 2. The van der Waals surface area contributed by atoms with Gasteiger partial charge in [0.15, 0.2) is 0 Å². The summed E-state index contributed by atoms with van der Waals surface area (Å²) in [6.45, 7) is 0. The van der Waals surface area contributed by atoms with Crippen LogP contribution in [-0.2, 0) is 9.59 Å². The molecule has 0 saturated carbocycles. The molecule has 0 unspecified atom stereocenters. The topological polar surface area (TPSA) is 54.4 Å². The predicted octanol–water partition coefficient (Wildman–Crippen LogP) is 4.30. The van der Waals surface area contributed by atoms with E-state index in [-0.39, 0.29) is 0 Å². The lowest BCUT2D eigenvalue weighted by Crippen LogP contribution is -2.68. The number of unbranched alkanes of at least 4 members (excludes halogenated alkanes) is 1. The van der Waals surface area contributed by atoms with E-state index in [1.54, 1.807) is 0 Å². The van der Waals surface area contributed by atoms with Gasteiger partial charge in [-0.05, 0) is 12.8 Å². The predicted molar refractivity (Wildman–Crippen MR) is 57.0 cm³/mol. The van der Waals surface area contributed by atoms with Crippen LogP contribution in [0.15, 0.2) is 0 Å². The average Bonchev–Trinajstić information content (AvgIpc) is 2.40. The molecule has 1 N–H and O–H groups in total. The van der Waals surface area contributed by atoms with Crippen molar-refractivity contribution in [3.05, 3.63) is 0 Å². The fraction of sp³-hybridized carbons (Fsp3) is 0.818. The minimum absolute atomic E-state index is 0.530. The first-order valence-corrected chi connectivity index (χ1v) is 6.17. The Hall–Kier alpha value is -1.63. The maximum absolute atomic E-state index is 13.2. The molecule has 0 aromatic heterocycles. The van der Waals surface area contributed by atoms with Crippen molar-refractivity contribution in [2.24, 2.45) is 0 Å². The Morgan fingerprint density at radius 3 is 1.40 bits per heavy atom. The highest BCUT2D eigenvalue weighted by atomic mass is 19.4. The molecule has 0 aromatic carbocycles. The highest BCUT2D eigenvalue weighted by Gasteiger charge is 2.88. The van der Waals surface area contributed by atoms with Crippen molar-refractivity contribution in [1.82, 2.24) is 0 Å². The van der Waals surface area contributed by atoms with Crippen LogP contribution in [-0.4, -0.2) is 46.7 Å². The van der Waals surface area contributed by atoms with E-state index in [1.807, 2.05) is 0 Å². The lowest BCUT2D eigenvalue weighted by Gasteiger charge is -2.36. The molecular formula is C11H9F11O3. The van der Waals surface area contributed by atoms with Crippen LogP contribution in [0.4, 0.5) is 48.3 Å². The summed E-state index contributed by atoms with van der Waals surface area (Å²) in [4.78, 5) is 21.0. The van der Waals surface area contributed by atoms with Gasteiger partial charge in [-0.3, -0.25) is 9.59 Å². The number of carbonyl (C=O) groups excluding carboxylic acids is 1. The summed E-state index contributed by atoms with van der Waals surface area (Å²) in [5, 5.41) is 8.20. The molecule has 0 heterocycles. The Balaban J connectivity index is 5.51. The standard InChI is InChI=1S/C11H9F11O3/c12-7(13,5(23)3-1-2-4-6(24)25)8(14,15)9(16,17)10(18,19)11(20,21)22/h1-4H2,(H,24,25). The second-order valence-corrected chi connectivity index (χ2v) is 4.82. The van der Waals surface area contributed by atoms with Gasteiger partial charge in [-0.2, -0.15) is 48.3 Å². The highest BCUT2D eigenvalue weighted by Crippen LogP contribution is 2.57. The smallest absolute Gasteiger partial charge is 0.460 e. The van der Waals surface area contributed by atoms with E-state index in [9.17, 15) is 57.9 Å². The zero-order valence-corrected chi connectivity index (χ0v) is 11.7. The molecule has 0 radical (unpaired) electrons. The van der Waals surface area contributed by atoms with E-state index in [4.69, 9.17) is 5.11 Å². The van der Waals surface area contributed by atoms with E-state index in [0.29, 0.717) is 0 Å². The third-order valence-corrected chi connectivity index (χ3v) is 2.93. The Kier molecular flexibility index (Phi) is 6.49. The second-order valence-electron chi connectivity index (χ2n) is 4.82. The molecule has 25 heavy (non-hydrogen) atoms. The molecule has 0 aliphatic carbocycles. The largest absolute Gasteiger partial charge is 0.481 e. The molecule has 0 spiro atoms. The summed E-state index contributed by atoms with van der Waals surface area (Å²) in [6, 6.07) is 0. The Labute approximate surface area is 131 Å². The van der Waals surface area contributed by atoms with E-state index in [1.165, 1.54) is 0 Å². The first-order valence-electron chi connectivity index (χ1n) is 6.17. The van der Waals surface area contributed by atoms with Gasteiger partial charge in [0.25, 0.3) is 0 Å². The van der Waals surface area contributed by atoms with Crippen LogP contribution in [0.5, 0.6) is 0 Å². The van der Waals surface area contributed by atoms with Gasteiger partial charge in [0, 0.05) is 12.8 Å². The third-order valence-electron chi connectivity index (χ3n) is 2.93. The summed E-state index contributed by atoms with van der Waals surface area (Å²) in [7, 11) is 0. The van der Waals surface area contributed by atoms with Crippen LogP contribution in [0.3, 0.4) is 0 Å². The first kappa shape index (κ1) is 23.4. The second kappa shape index (κ2) is 6.94. The van der Waals surface area contributed by atoms with Gasteiger partial charge in [0.1, 0.15) is 0 Å². The summed E-state index contributed by atoms with van der Waals surface area (Å²) in [5.41, 5.74) is 0. The molecule has 0 atom stereocenters. The zero-order chi connectivity index (χ0) is 20.5. The number of alkyl halides is 11. The normalized spacial score (nSPS) is 14.5. The number of halogens is 11. The number of rotatable bonds is 9. The van der Waals surface area contributed by atoms with Gasteiger partial charge in [-0.25, -0.2) is 0 Å². The molecule has 14 heteroatoms. The number of ketones is 1. The van der Waals surface area contributed by atoms with Gasteiger partial charge >= 0.3 is 35.8 Å². The monoisotopic (exact) mass is 398 g/mol. The van der Waals surface area contributed by atoms with Crippen molar-refractivity contribution in [1.29, 1.82) is 0 Å². The lowest BCUT2D eigenvalue weighted by molar-refractivity contribution is -0.416. The van der Waals surface area contributed by atoms with Crippen LogP contribution < -0.4 is 0 Å². The fourth-order valence-electron chi connectivity index (χ4n) is 1.47. The van der Waals surface area contributed by atoms with Crippen molar-refractivity contribution in [3.63, 3.8) is 0 Å². The van der Waals surface area contributed by atoms with E-state index >= 15 is 0 Å². The molecule has 0 saturated heterocycles. The van der Waals surface area contributed by atoms with Crippen LogP contribution in [0.25, 0.3) is 0 Å². The quantitative estimate of drug-likeness (QED) is 0.466. The van der Waals surface area contributed by atoms with E-state index < -0.39 is 67.3 Å². The molecule has 0 amide bonds. The molecule has 0 rings (SSSR count). The van der Waals surface area contributed by atoms with Crippen LogP contribution in [0.1, 0.15) is 25.7 Å². The molecule has 0 aliphatic rings. The molecule has 0 fully saturated rings. The maximum atomic E-state index is 13.2. The highest BCUT2D eigenvalue weighted by molar-refractivity contribution is 5.87. The van der Waals surface area contributed by atoms with Gasteiger partial charge < -0.3 is 5.11 Å². The number of carbonyl (C=O) groups is 2. The van der Waals surface area contributed by atoms with E-state index in [2.05, 4.69) is 0 Å². The van der Waals surface area contributed by atoms with Crippen LogP contribution in [0, 0.1) is 0 Å². The minimum Gasteiger partial charge on any atom is -0.481 e. The first-order chi connectivity index (χ1) is 10.8. The zero-order valence-electron chi connectivity index (χ0n) is 11.7. The number of carboxylic acids is 1. The Bertz CT molecular complexity index is 510. The van der Waals surface area contributed by atoms with Gasteiger partial charge in [-0.15, -0.1) is 0 Å². The SMILES string of the molecule is O=C(O)CCCCC(=O)C(F)(F)C(F)(F)C(F)(F)C(F)(F)C(F)(F)F. The maximum Gasteiger partial charge on any atom is 0.460 e. The summed E-state index contributed by atoms with van der Waals surface area (Å²) in [5.74, 6) is -33.6. The molecule has 148 valence electrons. The van der Waals surface area contributed by atoms with Crippen LogP contribution >= 0.6 is 0 Å². The van der Waals surface area contributed by atoms with Gasteiger partial charge in [-0.1, -0.05) is 0 Å². The fourth-order valence-corrected chi connectivity index (χ4v) is 1.47. The van der Waals surface area contributed by atoms with Crippen molar-refractivity contribution >= 4 is 11.8 Å². The van der Waals surface area contributed by atoms with Crippen molar-refractivity contribution in [3.8, 4) is 0 Å². The van der Waals surface area contributed by atoms with Crippen molar-refractivity contribution < 1.29 is 63.0 Å². The molecule has 0 aromatic rings. The van der Waals surface area contributed by atoms with Gasteiger partial charge in [0.2, 0.25) is 5.78 Å². The number of aliphatic carboxylic acids is 1. The van der Waals surface area contributed by atoms with Crippen molar-refractivity contribution in [2.75, 3.05) is 0 Å². The number of Topliss-reactive ketones (excluding diaryl/α,β-unsaturated/α-hetero) is 1. The summed E-state index contributed by atoms with van der Waals surface area (Å²) < 4.78 is 139. The van der Waals surface area contributed by atoms with Gasteiger partial charge in [0.05, 0.1) is 0 Å². The van der Waals surface area contributed by atoms with Crippen LogP contribution in [0.2, 0.25) is 0 Å². The van der Waals surface area contributed by atoms with Crippen molar-refractivity contribution in [2.45, 2.75) is 55.5 Å². The molecule has 0 aliphatic heterocycles. The number of hydrogen-bond donors (Lipinski definition) is 1. The summed E-state index contributed by atoms with van der Waals surface area (Å²) >= 11 is 0. The summed E-state index contributed by atoms with van der Waals surface area (Å²) in [6.07, 6.45) is -11.0. The third kappa shape index (κ3) is 4.14. The molecule has 0 bridgehead atoms. The van der Waals surface area contributed by atoms with E-state index in [0.717, 1.165) is 0 Å². The molecule has 3 nitrogen and oxygen atoms in total. The average molecular weight is 398 g/mol. The molecular weight excluding hydrogens is 389 g/mol. The Morgan fingerprint density at radius 2 is 1.04 bits per heavy atom. The number of carboxylic acid groups (broad SMARTS) is 1. The Morgan fingerprint density at radius 1 is 0.640 bits per heavy atom.